The molecule has 254 valence electrons. The molecule has 0 unspecified atom stereocenters. The molecular formula is C46H42O3P2. The van der Waals surface area contributed by atoms with Crippen molar-refractivity contribution in [3.8, 4) is 5.75 Å². The molecule has 0 saturated carbocycles. The molecule has 1 aromatic heterocycles. The summed E-state index contributed by atoms with van der Waals surface area (Å²) in [6, 6.07) is 51.8. The molecule has 0 amide bonds. The van der Waals surface area contributed by atoms with Crippen LogP contribution in [-0.2, 0) is 10.8 Å². The summed E-state index contributed by atoms with van der Waals surface area (Å²) < 4.78 is 21.2. The van der Waals surface area contributed by atoms with Gasteiger partial charge in [-0.3, -0.25) is 0 Å². The van der Waals surface area contributed by atoms with Gasteiger partial charge in [-0.1, -0.05) is 169 Å². The molecule has 0 atom stereocenters. The van der Waals surface area contributed by atoms with Crippen molar-refractivity contribution < 1.29 is 12.9 Å². The van der Waals surface area contributed by atoms with Gasteiger partial charge in [0.05, 0.1) is 0 Å². The molecule has 8 aromatic rings. The van der Waals surface area contributed by atoms with Crippen molar-refractivity contribution in [2.75, 3.05) is 0 Å². The maximum Gasteiger partial charge on any atom is 0.453 e. The Morgan fingerprint density at radius 1 is 0.510 bits per heavy atom. The highest BCUT2D eigenvalue weighted by molar-refractivity contribution is 7.80. The fraction of sp³-hybridized carbons (Fsp3) is 0.174. The first-order valence-corrected chi connectivity index (χ1v) is 20.0. The SMILES string of the molecule is CC(C)(C)c1cc(P(c2ccccc2)c2ccccc2)c(Op2oc3ccc4ccccc4c3c3c(ccc4ccccc43)o2)c(C(C)(C)C)c1. The third-order valence-corrected chi connectivity index (χ3v) is 13.0. The zero-order chi connectivity index (χ0) is 35.3. The molecule has 0 N–H and O–H groups in total. The van der Waals surface area contributed by atoms with E-state index in [2.05, 4.69) is 187 Å². The third-order valence-electron chi connectivity index (χ3n) is 9.56. The Hall–Kier alpha value is -4.81. The summed E-state index contributed by atoms with van der Waals surface area (Å²) in [5.74, 6) is 0.840. The number of hydrogen-bond acceptors (Lipinski definition) is 3. The van der Waals surface area contributed by atoms with Crippen molar-refractivity contribution in [2.45, 2.75) is 52.4 Å². The Labute approximate surface area is 302 Å². The van der Waals surface area contributed by atoms with E-state index in [0.29, 0.717) is 0 Å². The lowest BCUT2D eigenvalue weighted by Crippen LogP contribution is -2.27. The van der Waals surface area contributed by atoms with E-state index in [4.69, 9.17) is 12.9 Å². The van der Waals surface area contributed by atoms with Crippen LogP contribution < -0.4 is 20.4 Å². The average molecular weight is 705 g/mol. The van der Waals surface area contributed by atoms with Gasteiger partial charge in [0, 0.05) is 21.6 Å². The minimum atomic E-state index is -1.93. The number of fused-ring (bicyclic) bond motifs is 7. The second-order valence-corrected chi connectivity index (χ2v) is 18.4. The lowest BCUT2D eigenvalue weighted by atomic mass is 9.80. The van der Waals surface area contributed by atoms with E-state index >= 15 is 0 Å². The van der Waals surface area contributed by atoms with E-state index in [9.17, 15) is 0 Å². The van der Waals surface area contributed by atoms with Crippen molar-refractivity contribution >= 4 is 75.6 Å². The van der Waals surface area contributed by atoms with Crippen LogP contribution in [0.25, 0.3) is 43.5 Å². The van der Waals surface area contributed by atoms with E-state index < -0.39 is 16.2 Å². The monoisotopic (exact) mass is 704 g/mol. The molecular weight excluding hydrogens is 662 g/mol. The van der Waals surface area contributed by atoms with Crippen LogP contribution in [0.1, 0.15) is 52.7 Å². The number of benzene rings is 7. The van der Waals surface area contributed by atoms with Crippen molar-refractivity contribution in [1.82, 2.24) is 0 Å². The fourth-order valence-electron chi connectivity index (χ4n) is 6.91. The second-order valence-electron chi connectivity index (χ2n) is 15.2. The van der Waals surface area contributed by atoms with E-state index in [1.807, 2.05) is 0 Å². The van der Waals surface area contributed by atoms with Crippen LogP contribution in [0.3, 0.4) is 0 Å². The molecule has 0 fully saturated rings. The first-order valence-electron chi connectivity index (χ1n) is 17.5. The van der Waals surface area contributed by atoms with Gasteiger partial charge >= 0.3 is 8.24 Å². The molecule has 0 aliphatic carbocycles. The van der Waals surface area contributed by atoms with Crippen molar-refractivity contribution in [1.29, 1.82) is 0 Å². The first-order chi connectivity index (χ1) is 24.6. The summed E-state index contributed by atoms with van der Waals surface area (Å²) in [6.45, 7) is 13.7. The van der Waals surface area contributed by atoms with Gasteiger partial charge in [-0.2, -0.15) is 0 Å². The Balaban J connectivity index is 1.47. The molecule has 0 bridgehead atoms. The van der Waals surface area contributed by atoms with Crippen LogP contribution in [0.15, 0.2) is 154 Å². The van der Waals surface area contributed by atoms with Gasteiger partial charge in [0.1, 0.15) is 16.9 Å². The van der Waals surface area contributed by atoms with Gasteiger partial charge in [0.15, 0.2) is 0 Å². The minimum absolute atomic E-state index is 0.0810. The Kier molecular flexibility index (Phi) is 8.54. The quantitative estimate of drug-likeness (QED) is 0.167. The van der Waals surface area contributed by atoms with Gasteiger partial charge in [0.25, 0.3) is 0 Å². The smallest absolute Gasteiger partial charge is 0.390 e. The fourth-order valence-corrected chi connectivity index (χ4v) is 10.5. The molecule has 0 spiro atoms. The third kappa shape index (κ3) is 6.35. The Morgan fingerprint density at radius 2 is 0.980 bits per heavy atom. The van der Waals surface area contributed by atoms with E-state index in [1.165, 1.54) is 16.2 Å². The maximum atomic E-state index is 7.29. The normalized spacial score (nSPS) is 12.3. The van der Waals surface area contributed by atoms with Crippen LogP contribution in [0, 0.1) is 0 Å². The largest absolute Gasteiger partial charge is 0.453 e. The summed E-state index contributed by atoms with van der Waals surface area (Å²) in [6.07, 6.45) is 0. The van der Waals surface area contributed by atoms with Crippen LogP contribution in [-0.4, -0.2) is 0 Å². The Morgan fingerprint density at radius 3 is 1.45 bits per heavy atom. The molecule has 5 heteroatoms. The van der Waals surface area contributed by atoms with Crippen LogP contribution in [0.2, 0.25) is 0 Å². The van der Waals surface area contributed by atoms with Crippen molar-refractivity contribution in [3.05, 3.63) is 157 Å². The van der Waals surface area contributed by atoms with Gasteiger partial charge < -0.3 is 12.9 Å². The van der Waals surface area contributed by atoms with Gasteiger partial charge in [0.2, 0.25) is 0 Å². The van der Waals surface area contributed by atoms with Crippen LogP contribution >= 0.6 is 16.2 Å². The minimum Gasteiger partial charge on any atom is -0.390 e. The molecule has 0 aliphatic heterocycles. The highest BCUT2D eigenvalue weighted by Crippen LogP contribution is 2.48. The Bertz CT molecular complexity index is 2440. The summed E-state index contributed by atoms with van der Waals surface area (Å²) in [5.41, 5.74) is 3.62. The number of rotatable bonds is 5. The molecule has 7 aromatic carbocycles. The highest BCUT2D eigenvalue weighted by Gasteiger charge is 2.31. The van der Waals surface area contributed by atoms with E-state index in [-0.39, 0.29) is 10.8 Å². The summed E-state index contributed by atoms with van der Waals surface area (Å²) in [7, 11) is -2.93. The molecule has 51 heavy (non-hydrogen) atoms. The van der Waals surface area contributed by atoms with E-state index in [1.54, 1.807) is 0 Å². The molecule has 0 saturated heterocycles. The number of hydrogen-bond donors (Lipinski definition) is 0. The van der Waals surface area contributed by atoms with Gasteiger partial charge in [-0.15, -0.1) is 0 Å². The summed E-state index contributed by atoms with van der Waals surface area (Å²) >= 11 is 0. The first kappa shape index (κ1) is 33.3. The maximum absolute atomic E-state index is 7.29. The van der Waals surface area contributed by atoms with Crippen LogP contribution in [0.5, 0.6) is 5.75 Å². The van der Waals surface area contributed by atoms with Gasteiger partial charge in [-0.05, 0) is 74.7 Å². The zero-order valence-electron chi connectivity index (χ0n) is 30.0. The summed E-state index contributed by atoms with van der Waals surface area (Å²) in [4.78, 5) is 0. The summed E-state index contributed by atoms with van der Waals surface area (Å²) in [5, 5.41) is 10.3. The molecule has 8 rings (SSSR count). The molecule has 0 aliphatic rings. The lowest BCUT2D eigenvalue weighted by molar-refractivity contribution is 0.479. The zero-order valence-corrected chi connectivity index (χ0v) is 31.8. The molecule has 0 radical (unpaired) electrons. The molecule has 1 heterocycles. The van der Waals surface area contributed by atoms with Crippen molar-refractivity contribution in [2.24, 2.45) is 0 Å². The topological polar surface area (TPSA) is 35.5 Å². The second kappa shape index (κ2) is 13.1. The predicted molar refractivity (Wildman–Crippen MR) is 220 cm³/mol. The predicted octanol–water partition coefficient (Wildman–Crippen LogP) is 12.8. The van der Waals surface area contributed by atoms with E-state index in [0.717, 1.165) is 60.1 Å². The van der Waals surface area contributed by atoms with Gasteiger partial charge in [-0.25, -0.2) is 0 Å². The van der Waals surface area contributed by atoms with Crippen molar-refractivity contribution in [3.63, 3.8) is 0 Å². The molecule has 3 nitrogen and oxygen atoms in total. The lowest BCUT2D eigenvalue weighted by Gasteiger charge is -2.31. The standard InChI is InChI=1S/C46H42O3P2/c1-45(2,3)33-29-38(46(4,5)6)44(41(30-33)50(34-19-9-7-10-20-34)35-21-11-8-12-22-35)49-51-47-39-27-25-31-17-13-15-23-36(31)42(39)43-37-24-16-14-18-32(37)26-28-40(43)48-51/h7-30H,1-6H3. The highest BCUT2D eigenvalue weighted by atomic mass is 31.1. The average Bonchev–Trinajstić information content (AvgIpc) is 3.29. The van der Waals surface area contributed by atoms with Crippen LogP contribution in [0.4, 0.5) is 0 Å².